The minimum atomic E-state index is -2.17. The van der Waals surface area contributed by atoms with E-state index in [1.165, 1.54) is 6.42 Å². The van der Waals surface area contributed by atoms with E-state index in [1.54, 1.807) is 0 Å². The van der Waals surface area contributed by atoms with Crippen molar-refractivity contribution >= 4 is 13.1 Å². The minimum Gasteiger partial charge on any atom is -0.402 e. The van der Waals surface area contributed by atoms with E-state index in [2.05, 4.69) is 20.8 Å². The van der Waals surface area contributed by atoms with Crippen LogP contribution in [0, 0.1) is 16.7 Å². The second kappa shape index (κ2) is 3.89. The molecule has 0 aromatic rings. The van der Waals surface area contributed by atoms with E-state index in [1.807, 2.05) is 0 Å². The number of hydrogen-bond donors (Lipinski definition) is 3. The zero-order valence-electron chi connectivity index (χ0n) is 9.53. The highest BCUT2D eigenvalue weighted by Crippen LogP contribution is 2.63. The van der Waals surface area contributed by atoms with Gasteiger partial charge < -0.3 is 15.1 Å². The van der Waals surface area contributed by atoms with Crippen LogP contribution in [0.4, 0.5) is 0 Å². The van der Waals surface area contributed by atoms with Gasteiger partial charge in [0, 0.05) is 11.8 Å². The largest absolute Gasteiger partial charge is 0.631 e. The molecule has 0 aliphatic heterocycles. The maximum absolute atomic E-state index is 11.6. The first kappa shape index (κ1) is 12.7. The van der Waals surface area contributed by atoms with Gasteiger partial charge in [-0.3, -0.25) is 4.79 Å². The Bertz CT molecular complexity index is 261. The summed E-state index contributed by atoms with van der Waals surface area (Å²) in [6.45, 7) is 6.67. The van der Waals surface area contributed by atoms with Crippen LogP contribution in [-0.4, -0.2) is 28.2 Å². The van der Waals surface area contributed by atoms with Crippen molar-refractivity contribution in [3.8, 4) is 0 Å². The van der Waals surface area contributed by atoms with Gasteiger partial charge in [-0.15, -0.1) is 0 Å². The van der Waals surface area contributed by atoms with Gasteiger partial charge in [0.15, 0.2) is 0 Å². The van der Waals surface area contributed by atoms with Gasteiger partial charge in [-0.25, -0.2) is 0 Å². The summed E-state index contributed by atoms with van der Waals surface area (Å²) in [5.41, 5.74) is 0.307. The van der Waals surface area contributed by atoms with Gasteiger partial charge in [-0.05, 0) is 24.2 Å². The quantitative estimate of drug-likeness (QED) is 0.508. The van der Waals surface area contributed by atoms with E-state index in [9.17, 15) is 4.79 Å². The highest BCUT2D eigenvalue weighted by molar-refractivity contribution is 6.30. The van der Waals surface area contributed by atoms with Gasteiger partial charge in [-0.1, -0.05) is 20.8 Å². The number of hydrogen-bond acceptors (Lipinski definition) is 4. The lowest BCUT2D eigenvalue weighted by atomic mass is 9.70. The van der Waals surface area contributed by atoms with Crippen LogP contribution in [0.2, 0.25) is 0 Å². The summed E-state index contributed by atoms with van der Waals surface area (Å²) in [7, 11) is -2.17. The van der Waals surface area contributed by atoms with Crippen LogP contribution >= 0.6 is 0 Å². The van der Waals surface area contributed by atoms with Crippen molar-refractivity contribution in [2.75, 3.05) is 0 Å². The zero-order chi connectivity index (χ0) is 11.9. The van der Waals surface area contributed by atoms with Crippen LogP contribution in [0.25, 0.3) is 0 Å². The number of carbonyl (C=O) groups excluding carboxylic acids is 1. The van der Waals surface area contributed by atoms with Crippen LogP contribution in [-0.2, 0) is 4.79 Å². The standard InChI is InChI=1S/C10H16O.BH3O3/c1-9(2)7-4-5-10(9,3)8(11)6-7;2-1(3)4/h7H,4-6H2,1-3H3;2-4H. The molecule has 2 saturated carbocycles. The molecule has 2 rings (SSSR count). The highest BCUT2D eigenvalue weighted by atomic mass is 16.5. The monoisotopic (exact) mass is 214 g/mol. The van der Waals surface area contributed by atoms with Gasteiger partial charge in [0.2, 0.25) is 0 Å². The third-order valence-corrected chi connectivity index (χ3v) is 4.48. The fourth-order valence-electron chi connectivity index (χ4n) is 2.90. The van der Waals surface area contributed by atoms with Crippen molar-refractivity contribution in [2.45, 2.75) is 40.0 Å². The van der Waals surface area contributed by atoms with Crippen molar-refractivity contribution in [1.29, 1.82) is 0 Å². The number of ketones is 1. The fourth-order valence-corrected chi connectivity index (χ4v) is 2.90. The fraction of sp³-hybridized carbons (Fsp3) is 0.900. The first-order valence-corrected chi connectivity index (χ1v) is 5.29. The van der Waals surface area contributed by atoms with Crippen LogP contribution < -0.4 is 0 Å². The molecule has 0 heterocycles. The molecule has 15 heavy (non-hydrogen) atoms. The normalized spacial score (nSPS) is 36.1. The number of Topliss-reactive ketones (excluding diaryl/α,β-unsaturated/α-hetero) is 1. The summed E-state index contributed by atoms with van der Waals surface area (Å²) in [6, 6.07) is 0. The topological polar surface area (TPSA) is 77.8 Å². The van der Waals surface area contributed by atoms with E-state index in [4.69, 9.17) is 15.1 Å². The molecular weight excluding hydrogens is 195 g/mol. The summed E-state index contributed by atoms with van der Waals surface area (Å²) in [5, 5.41) is 21.5. The Morgan fingerprint density at radius 1 is 1.27 bits per heavy atom. The molecule has 4 nitrogen and oxygen atoms in total. The van der Waals surface area contributed by atoms with Crippen LogP contribution in [0.15, 0.2) is 0 Å². The minimum absolute atomic E-state index is 0.0255. The summed E-state index contributed by atoms with van der Waals surface area (Å²) in [4.78, 5) is 11.6. The van der Waals surface area contributed by atoms with Crippen LogP contribution in [0.1, 0.15) is 40.0 Å². The maximum Gasteiger partial charge on any atom is 0.631 e. The molecule has 5 heteroatoms. The van der Waals surface area contributed by atoms with Crippen LogP contribution in [0.3, 0.4) is 0 Å². The summed E-state index contributed by atoms with van der Waals surface area (Å²) in [6.07, 6.45) is 3.25. The van der Waals surface area contributed by atoms with Gasteiger partial charge >= 0.3 is 7.32 Å². The Hall–Kier alpha value is -0.385. The molecule has 0 spiro atoms. The molecule has 3 N–H and O–H groups in total. The molecule has 2 fully saturated rings. The third-order valence-electron chi connectivity index (χ3n) is 4.48. The SMILES string of the molecule is CC12CCC(CC1=O)C2(C)C.OB(O)O. The Balaban J connectivity index is 0.000000245. The second-order valence-corrected chi connectivity index (χ2v) is 5.26. The van der Waals surface area contributed by atoms with Crippen molar-refractivity contribution < 1.29 is 19.9 Å². The highest BCUT2D eigenvalue weighted by Gasteiger charge is 2.61. The predicted octanol–water partition coefficient (Wildman–Crippen LogP) is 0.350. The van der Waals surface area contributed by atoms with Crippen molar-refractivity contribution in [3.63, 3.8) is 0 Å². The molecule has 2 atom stereocenters. The lowest BCUT2D eigenvalue weighted by Crippen LogP contribution is -2.32. The number of rotatable bonds is 0. The van der Waals surface area contributed by atoms with E-state index >= 15 is 0 Å². The second-order valence-electron chi connectivity index (χ2n) is 5.26. The molecule has 2 aliphatic rings. The van der Waals surface area contributed by atoms with E-state index in [-0.39, 0.29) is 10.8 Å². The average molecular weight is 214 g/mol. The van der Waals surface area contributed by atoms with Gasteiger partial charge in [0.05, 0.1) is 0 Å². The molecule has 0 radical (unpaired) electrons. The molecule has 0 saturated heterocycles. The Morgan fingerprint density at radius 3 is 1.87 bits per heavy atom. The van der Waals surface area contributed by atoms with Crippen LogP contribution in [0.5, 0.6) is 0 Å². The lowest BCUT2D eigenvalue weighted by Gasteiger charge is -2.32. The van der Waals surface area contributed by atoms with Crippen molar-refractivity contribution in [2.24, 2.45) is 16.7 Å². The molecule has 2 bridgehead atoms. The van der Waals surface area contributed by atoms with E-state index < -0.39 is 7.32 Å². The number of fused-ring (bicyclic) bond motifs is 2. The van der Waals surface area contributed by atoms with Gasteiger partial charge in [0.25, 0.3) is 0 Å². The average Bonchev–Trinajstić information content (AvgIpc) is 2.36. The zero-order valence-corrected chi connectivity index (χ0v) is 9.53. The Labute approximate surface area is 90.5 Å². The summed E-state index contributed by atoms with van der Waals surface area (Å²) in [5.74, 6) is 1.19. The van der Waals surface area contributed by atoms with Gasteiger partial charge in [0.1, 0.15) is 5.78 Å². The predicted molar refractivity (Wildman–Crippen MR) is 56.6 cm³/mol. The van der Waals surface area contributed by atoms with Crippen molar-refractivity contribution in [3.05, 3.63) is 0 Å². The molecule has 2 unspecified atom stereocenters. The Kier molecular flexibility index (Phi) is 3.29. The summed E-state index contributed by atoms with van der Waals surface area (Å²) < 4.78 is 0. The van der Waals surface area contributed by atoms with Gasteiger partial charge in [-0.2, -0.15) is 0 Å². The molecule has 2 aliphatic carbocycles. The smallest absolute Gasteiger partial charge is 0.402 e. The number of carbonyl (C=O) groups is 1. The summed E-state index contributed by atoms with van der Waals surface area (Å²) >= 11 is 0. The first-order chi connectivity index (χ1) is 6.72. The molecule has 0 aromatic heterocycles. The van der Waals surface area contributed by atoms with Crippen molar-refractivity contribution in [1.82, 2.24) is 0 Å². The first-order valence-electron chi connectivity index (χ1n) is 5.29. The molecular formula is C10H19BO4. The molecule has 0 amide bonds. The Morgan fingerprint density at radius 2 is 1.73 bits per heavy atom. The maximum atomic E-state index is 11.6. The lowest BCUT2D eigenvalue weighted by molar-refractivity contribution is -0.128. The molecule has 0 aromatic carbocycles. The molecule has 86 valence electrons. The van der Waals surface area contributed by atoms with E-state index in [0.717, 1.165) is 12.8 Å². The third kappa shape index (κ3) is 1.96. The van der Waals surface area contributed by atoms with E-state index in [0.29, 0.717) is 11.7 Å².